The minimum absolute atomic E-state index is 0.0638. The Morgan fingerprint density at radius 2 is 1.78 bits per heavy atom. The van der Waals surface area contributed by atoms with Crippen molar-refractivity contribution in [1.29, 1.82) is 0 Å². The average Bonchev–Trinajstić information content (AvgIpc) is 3.14. The smallest absolute Gasteiger partial charge is 0.229 e. The van der Waals surface area contributed by atoms with Crippen molar-refractivity contribution in [3.8, 4) is 0 Å². The highest BCUT2D eigenvalue weighted by Crippen LogP contribution is 2.41. The minimum Gasteiger partial charge on any atom is -0.384 e. The van der Waals surface area contributed by atoms with Gasteiger partial charge in [-0.25, -0.2) is 4.39 Å². The van der Waals surface area contributed by atoms with Gasteiger partial charge in [-0.2, -0.15) is 0 Å². The molecule has 0 spiro atoms. The van der Waals surface area contributed by atoms with Gasteiger partial charge in [0.25, 0.3) is 0 Å². The Labute approximate surface area is 200 Å². The second-order valence-corrected chi connectivity index (χ2v) is 8.70. The maximum atomic E-state index is 14.3. The van der Waals surface area contributed by atoms with E-state index in [0.29, 0.717) is 39.8 Å². The van der Waals surface area contributed by atoms with Crippen LogP contribution in [0.4, 0.5) is 4.39 Å². The van der Waals surface area contributed by atoms with E-state index >= 15 is 0 Å². The quantitative estimate of drug-likeness (QED) is 0.416. The summed E-state index contributed by atoms with van der Waals surface area (Å²) in [6.45, 7) is 3.96. The van der Waals surface area contributed by atoms with Crippen molar-refractivity contribution in [2.45, 2.75) is 38.8 Å². The van der Waals surface area contributed by atoms with Gasteiger partial charge in [-0.15, -0.1) is 0 Å². The van der Waals surface area contributed by atoms with Crippen LogP contribution in [0.1, 0.15) is 43.4 Å². The second-order valence-electron chi connectivity index (χ2n) is 7.50. The van der Waals surface area contributed by atoms with Crippen molar-refractivity contribution in [2.24, 2.45) is 5.16 Å². The number of oxime groups is 1. The maximum absolute atomic E-state index is 14.3. The Bertz CT molecular complexity index is 1070. The van der Waals surface area contributed by atoms with Crippen molar-refractivity contribution in [3.63, 3.8) is 0 Å². The summed E-state index contributed by atoms with van der Waals surface area (Å²) < 4.78 is 14.3. The largest absolute Gasteiger partial charge is 0.384 e. The van der Waals surface area contributed by atoms with Crippen LogP contribution in [0, 0.1) is 5.82 Å². The molecular formula is C22H21Cl3FN3O3. The number of nitrogens with one attached hydrogen (secondary N) is 2. The van der Waals surface area contributed by atoms with Crippen LogP contribution in [-0.2, 0) is 26.6 Å². The molecule has 6 nitrogen and oxygen atoms in total. The van der Waals surface area contributed by atoms with E-state index in [1.807, 2.05) is 6.92 Å². The number of hydrogen-bond donors (Lipinski definition) is 2. The fraction of sp³-hybridized carbons (Fsp3) is 0.318. The monoisotopic (exact) mass is 499 g/mol. The van der Waals surface area contributed by atoms with E-state index in [1.54, 1.807) is 31.2 Å². The zero-order valence-corrected chi connectivity index (χ0v) is 19.7. The zero-order valence-electron chi connectivity index (χ0n) is 17.4. The number of halogens is 4. The third kappa shape index (κ3) is 5.52. The number of benzene rings is 2. The Morgan fingerprint density at radius 3 is 2.44 bits per heavy atom. The maximum Gasteiger partial charge on any atom is 0.229 e. The van der Waals surface area contributed by atoms with E-state index in [1.165, 1.54) is 6.07 Å². The van der Waals surface area contributed by atoms with Gasteiger partial charge in [0.1, 0.15) is 12.2 Å². The summed E-state index contributed by atoms with van der Waals surface area (Å²) in [7, 11) is 0. The average molecular weight is 501 g/mol. The molecule has 0 radical (unpaired) electrons. The minimum atomic E-state index is -0.831. The molecule has 1 atom stereocenters. The van der Waals surface area contributed by atoms with Gasteiger partial charge in [-0.1, -0.05) is 46.0 Å². The standard InChI is InChI=1S/C22H21Cl3FN3O3/c1-3-27-19(30)9-20(31)28-11-13-6-12(4-5-17(13)26)18-10-22(2,32-29-18)14-7-15(23)21(25)16(24)8-14/h4-8H,3,9-11H2,1-2H3,(H,27,30)(H,28,31). The lowest BCUT2D eigenvalue weighted by atomic mass is 9.89. The van der Waals surface area contributed by atoms with Gasteiger partial charge in [0.15, 0.2) is 5.60 Å². The highest BCUT2D eigenvalue weighted by atomic mass is 35.5. The molecule has 0 saturated heterocycles. The fourth-order valence-electron chi connectivity index (χ4n) is 3.26. The van der Waals surface area contributed by atoms with Crippen molar-refractivity contribution in [3.05, 3.63) is 67.9 Å². The highest BCUT2D eigenvalue weighted by molar-refractivity contribution is 6.48. The Morgan fingerprint density at radius 1 is 1.12 bits per heavy atom. The zero-order chi connectivity index (χ0) is 23.5. The topological polar surface area (TPSA) is 79.8 Å². The Hall–Kier alpha value is -2.35. The van der Waals surface area contributed by atoms with Crippen LogP contribution in [0.3, 0.4) is 0 Å². The molecule has 1 aliphatic heterocycles. The molecule has 0 aliphatic carbocycles. The van der Waals surface area contributed by atoms with E-state index in [4.69, 9.17) is 39.6 Å². The van der Waals surface area contributed by atoms with E-state index in [2.05, 4.69) is 15.8 Å². The van der Waals surface area contributed by atoms with Gasteiger partial charge in [0, 0.05) is 36.2 Å². The highest BCUT2D eigenvalue weighted by Gasteiger charge is 2.37. The van der Waals surface area contributed by atoms with Gasteiger partial charge in [-0.3, -0.25) is 9.59 Å². The third-order valence-corrected chi connectivity index (χ3v) is 6.20. The molecular weight excluding hydrogens is 480 g/mol. The van der Waals surface area contributed by atoms with Gasteiger partial charge in [0.05, 0.1) is 20.8 Å². The second kappa shape index (κ2) is 10.1. The first-order valence-corrected chi connectivity index (χ1v) is 11.0. The van der Waals surface area contributed by atoms with Gasteiger partial charge in [-0.05, 0) is 38.1 Å². The van der Waals surface area contributed by atoms with Crippen LogP contribution in [0.25, 0.3) is 0 Å². The predicted molar refractivity (Wildman–Crippen MR) is 123 cm³/mol. The van der Waals surface area contributed by atoms with Crippen LogP contribution in [0.15, 0.2) is 35.5 Å². The van der Waals surface area contributed by atoms with E-state index in [0.717, 1.165) is 0 Å². The van der Waals surface area contributed by atoms with Gasteiger partial charge in [0.2, 0.25) is 11.8 Å². The van der Waals surface area contributed by atoms with Crippen molar-refractivity contribution >= 4 is 52.3 Å². The summed E-state index contributed by atoms with van der Waals surface area (Å²) in [5, 5.41) is 10.1. The number of hydrogen-bond acceptors (Lipinski definition) is 4. The van der Waals surface area contributed by atoms with Gasteiger partial charge < -0.3 is 15.5 Å². The number of rotatable bonds is 7. The predicted octanol–water partition coefficient (Wildman–Crippen LogP) is 4.97. The molecule has 0 aromatic heterocycles. The SMILES string of the molecule is CCNC(=O)CC(=O)NCc1cc(C2=NOC(C)(c3cc(Cl)c(Cl)c(Cl)c3)C2)ccc1F. The summed E-state index contributed by atoms with van der Waals surface area (Å²) in [5.41, 5.74) is 1.39. The normalized spacial score (nSPS) is 17.5. The summed E-state index contributed by atoms with van der Waals surface area (Å²) in [4.78, 5) is 29.1. The number of nitrogens with zero attached hydrogens (tertiary/aromatic N) is 1. The number of carbonyl (C=O) groups is 2. The van der Waals surface area contributed by atoms with E-state index in [-0.39, 0.29) is 23.6 Å². The van der Waals surface area contributed by atoms with E-state index < -0.39 is 23.2 Å². The van der Waals surface area contributed by atoms with Crippen LogP contribution in [-0.4, -0.2) is 24.1 Å². The lowest BCUT2D eigenvalue weighted by Crippen LogP contribution is -2.31. The number of carbonyl (C=O) groups excluding carboxylic acids is 2. The Kier molecular flexibility index (Phi) is 7.64. The first-order chi connectivity index (χ1) is 15.1. The summed E-state index contributed by atoms with van der Waals surface area (Å²) >= 11 is 18.3. The van der Waals surface area contributed by atoms with Crippen molar-refractivity contribution in [1.82, 2.24) is 10.6 Å². The molecule has 0 bridgehead atoms. The van der Waals surface area contributed by atoms with Crippen LogP contribution in [0.5, 0.6) is 0 Å². The van der Waals surface area contributed by atoms with Crippen LogP contribution < -0.4 is 10.6 Å². The molecule has 2 aromatic carbocycles. The van der Waals surface area contributed by atoms with Crippen molar-refractivity contribution in [2.75, 3.05) is 6.54 Å². The molecule has 170 valence electrons. The van der Waals surface area contributed by atoms with Crippen LogP contribution >= 0.6 is 34.8 Å². The van der Waals surface area contributed by atoms with Crippen LogP contribution in [0.2, 0.25) is 15.1 Å². The van der Waals surface area contributed by atoms with E-state index in [9.17, 15) is 14.0 Å². The number of amides is 2. The molecule has 1 unspecified atom stereocenters. The summed E-state index contributed by atoms with van der Waals surface area (Å²) in [5.74, 6) is -1.37. The molecule has 32 heavy (non-hydrogen) atoms. The third-order valence-electron chi connectivity index (χ3n) is 5.01. The molecule has 1 aliphatic rings. The first-order valence-electron chi connectivity index (χ1n) is 9.85. The fourth-order valence-corrected chi connectivity index (χ4v) is 3.86. The summed E-state index contributed by atoms with van der Waals surface area (Å²) in [6.07, 6.45) is 0.0656. The molecule has 10 heteroatoms. The van der Waals surface area contributed by atoms with Gasteiger partial charge >= 0.3 is 0 Å². The molecule has 0 saturated carbocycles. The lowest BCUT2D eigenvalue weighted by Gasteiger charge is -2.22. The Balaban J connectivity index is 1.72. The first kappa shape index (κ1) is 24.3. The molecule has 1 heterocycles. The molecule has 0 fully saturated rings. The lowest BCUT2D eigenvalue weighted by molar-refractivity contribution is -0.129. The molecule has 2 aromatic rings. The van der Waals surface area contributed by atoms with Crippen molar-refractivity contribution < 1.29 is 18.8 Å². The summed E-state index contributed by atoms with van der Waals surface area (Å²) in [6, 6.07) is 7.83. The molecule has 3 rings (SSSR count). The molecule has 2 amide bonds. The molecule has 2 N–H and O–H groups in total.